The summed E-state index contributed by atoms with van der Waals surface area (Å²) in [5, 5.41) is 8.65. The normalized spacial score (nSPS) is 13.1. The molecule has 0 amide bonds. The molecule has 0 aliphatic carbocycles. The first-order valence-corrected chi connectivity index (χ1v) is 6.23. The van der Waals surface area contributed by atoms with Crippen LogP contribution in [0.1, 0.15) is 52.7 Å². The number of hydrogen-bond acceptors (Lipinski definition) is 2. The first-order valence-electron chi connectivity index (χ1n) is 6.23. The van der Waals surface area contributed by atoms with Gasteiger partial charge < -0.3 is 0 Å². The Hall–Kier alpha value is -1.35. The van der Waals surface area contributed by atoms with Crippen molar-refractivity contribution in [2.45, 2.75) is 52.4 Å². The van der Waals surface area contributed by atoms with Crippen molar-refractivity contribution in [3.05, 3.63) is 29.3 Å². The van der Waals surface area contributed by atoms with Crippen molar-refractivity contribution in [3.63, 3.8) is 0 Å². The first-order chi connectivity index (χ1) is 8.16. The molecule has 0 saturated heterocycles. The highest BCUT2D eigenvalue weighted by Gasteiger charge is 2.21. The molecular weight excluding hydrogens is 224 g/mol. The molecule has 0 saturated carbocycles. The molecule has 100 valence electrons. The molecule has 18 heavy (non-hydrogen) atoms. The number of benzene rings is 1. The molecule has 3 nitrogen and oxygen atoms in total. The van der Waals surface area contributed by atoms with Crippen LogP contribution in [0.5, 0.6) is 0 Å². The molecule has 0 atom stereocenters. The van der Waals surface area contributed by atoms with Crippen molar-refractivity contribution >= 4 is 12.0 Å². The summed E-state index contributed by atoms with van der Waals surface area (Å²) >= 11 is 0. The topological polar surface area (TPSA) is 44.6 Å². The molecule has 0 heterocycles. The summed E-state index contributed by atoms with van der Waals surface area (Å²) in [5.41, 5.74) is 5.38. The van der Waals surface area contributed by atoms with E-state index in [4.69, 9.17) is 5.21 Å². The monoisotopic (exact) mass is 248 g/mol. The maximum Gasteiger partial charge on any atom is 0.113 e. The number of rotatable bonds is 2. The van der Waals surface area contributed by atoms with Crippen molar-refractivity contribution in [1.29, 1.82) is 0 Å². The fourth-order valence-electron chi connectivity index (χ4n) is 1.84. The number of hydrogen-bond donors (Lipinski definition) is 2. The molecule has 0 aliphatic rings. The van der Waals surface area contributed by atoms with E-state index in [1.807, 2.05) is 5.48 Å². The maximum atomic E-state index is 8.65. The van der Waals surface area contributed by atoms with Gasteiger partial charge in [0.2, 0.25) is 0 Å². The van der Waals surface area contributed by atoms with Gasteiger partial charge in [0, 0.05) is 0 Å². The fraction of sp³-hybridized carbons (Fsp3) is 0.533. The molecule has 0 radical (unpaired) electrons. The molecule has 0 bridgehead atoms. The van der Waals surface area contributed by atoms with Crippen molar-refractivity contribution < 1.29 is 5.21 Å². The van der Waals surface area contributed by atoms with Gasteiger partial charge in [0.15, 0.2) is 0 Å². The lowest BCUT2D eigenvalue weighted by Crippen LogP contribution is -2.15. The average molecular weight is 248 g/mol. The number of nitrogens with one attached hydrogen (secondary N) is 1. The van der Waals surface area contributed by atoms with E-state index in [1.54, 1.807) is 0 Å². The molecule has 0 unspecified atom stereocenters. The number of hydroxylamine groups is 1. The van der Waals surface area contributed by atoms with E-state index < -0.39 is 0 Å². The highest BCUT2D eigenvalue weighted by molar-refractivity contribution is 5.63. The molecular formula is C15H24N2O. The van der Waals surface area contributed by atoms with Gasteiger partial charge in [-0.3, -0.25) is 10.7 Å². The van der Waals surface area contributed by atoms with Crippen LogP contribution in [0.25, 0.3) is 0 Å². The second kappa shape index (κ2) is 5.11. The summed E-state index contributed by atoms with van der Waals surface area (Å²) in [5.74, 6) is 0. The Labute approximate surface area is 110 Å². The zero-order valence-corrected chi connectivity index (χ0v) is 12.2. The van der Waals surface area contributed by atoms with E-state index in [0.29, 0.717) is 0 Å². The van der Waals surface area contributed by atoms with E-state index >= 15 is 0 Å². The van der Waals surface area contributed by atoms with Gasteiger partial charge in [0.25, 0.3) is 0 Å². The molecule has 1 aromatic rings. The SMILES string of the molecule is CC(C)(C)c1ccc(C(C)(C)C)c(N=CNO)c1. The minimum Gasteiger partial charge on any atom is -0.290 e. The third-order valence-electron chi connectivity index (χ3n) is 2.93. The van der Waals surface area contributed by atoms with Crippen LogP contribution in [0.2, 0.25) is 0 Å². The Kier molecular flexibility index (Phi) is 4.17. The summed E-state index contributed by atoms with van der Waals surface area (Å²) < 4.78 is 0. The Morgan fingerprint density at radius 3 is 2.11 bits per heavy atom. The summed E-state index contributed by atoms with van der Waals surface area (Å²) in [7, 11) is 0. The highest BCUT2D eigenvalue weighted by Crippen LogP contribution is 2.35. The van der Waals surface area contributed by atoms with E-state index in [2.05, 4.69) is 64.7 Å². The molecule has 1 aromatic carbocycles. The predicted octanol–water partition coefficient (Wildman–Crippen LogP) is 3.92. The van der Waals surface area contributed by atoms with E-state index in [-0.39, 0.29) is 10.8 Å². The third-order valence-corrected chi connectivity index (χ3v) is 2.93. The summed E-state index contributed by atoms with van der Waals surface area (Å²) in [6, 6.07) is 6.38. The zero-order valence-electron chi connectivity index (χ0n) is 12.2. The molecule has 0 aromatic heterocycles. The summed E-state index contributed by atoms with van der Waals surface area (Å²) in [4.78, 5) is 4.28. The van der Waals surface area contributed by atoms with Crippen molar-refractivity contribution in [2.24, 2.45) is 4.99 Å². The smallest absolute Gasteiger partial charge is 0.113 e. The standard InChI is InChI=1S/C15H24N2O/c1-14(2,3)11-7-8-12(15(4,5)6)13(9-11)16-10-17-18/h7-10,18H,1-6H3,(H,16,17). The van der Waals surface area contributed by atoms with Gasteiger partial charge in [-0.1, -0.05) is 53.7 Å². The Bertz CT molecular complexity index is 437. The Morgan fingerprint density at radius 2 is 1.67 bits per heavy atom. The molecule has 1 rings (SSSR count). The first kappa shape index (κ1) is 14.7. The van der Waals surface area contributed by atoms with Crippen LogP contribution in [-0.4, -0.2) is 11.5 Å². The zero-order chi connectivity index (χ0) is 14.0. The van der Waals surface area contributed by atoms with Gasteiger partial charge >= 0.3 is 0 Å². The van der Waals surface area contributed by atoms with Crippen LogP contribution in [0.3, 0.4) is 0 Å². The minimum atomic E-state index is 0.0263. The van der Waals surface area contributed by atoms with Gasteiger partial charge in [-0.05, 0) is 28.0 Å². The second-order valence-corrected chi connectivity index (χ2v) is 6.62. The van der Waals surface area contributed by atoms with Crippen LogP contribution in [0, 0.1) is 0 Å². The minimum absolute atomic E-state index is 0.0263. The number of aliphatic imine (C=N–C) groups is 1. The van der Waals surface area contributed by atoms with Gasteiger partial charge in [0.05, 0.1) is 5.69 Å². The van der Waals surface area contributed by atoms with Crippen molar-refractivity contribution in [1.82, 2.24) is 5.48 Å². The molecule has 0 aliphatic heterocycles. The Morgan fingerprint density at radius 1 is 1.06 bits per heavy atom. The van der Waals surface area contributed by atoms with E-state index in [1.165, 1.54) is 17.5 Å². The van der Waals surface area contributed by atoms with Crippen LogP contribution in [0.4, 0.5) is 5.69 Å². The molecule has 3 heteroatoms. The van der Waals surface area contributed by atoms with E-state index in [9.17, 15) is 0 Å². The highest BCUT2D eigenvalue weighted by atomic mass is 16.5. The van der Waals surface area contributed by atoms with Gasteiger partial charge in [0.1, 0.15) is 6.34 Å². The van der Waals surface area contributed by atoms with Gasteiger partial charge in [-0.25, -0.2) is 4.99 Å². The fourth-order valence-corrected chi connectivity index (χ4v) is 1.84. The quantitative estimate of drug-likeness (QED) is 0.473. The summed E-state index contributed by atoms with van der Waals surface area (Å²) in [6.07, 6.45) is 1.30. The van der Waals surface area contributed by atoms with Crippen LogP contribution < -0.4 is 5.48 Å². The Balaban J connectivity index is 3.34. The molecule has 0 fully saturated rings. The van der Waals surface area contributed by atoms with Crippen LogP contribution in [-0.2, 0) is 10.8 Å². The van der Waals surface area contributed by atoms with Crippen LogP contribution in [0.15, 0.2) is 23.2 Å². The lowest BCUT2D eigenvalue weighted by molar-refractivity contribution is 0.240. The van der Waals surface area contributed by atoms with Crippen molar-refractivity contribution in [2.75, 3.05) is 0 Å². The van der Waals surface area contributed by atoms with Gasteiger partial charge in [-0.2, -0.15) is 0 Å². The third kappa shape index (κ3) is 3.57. The van der Waals surface area contributed by atoms with Crippen molar-refractivity contribution in [3.8, 4) is 0 Å². The lowest BCUT2D eigenvalue weighted by atomic mass is 9.81. The van der Waals surface area contributed by atoms with Gasteiger partial charge in [-0.15, -0.1) is 0 Å². The predicted molar refractivity (Wildman–Crippen MR) is 76.9 cm³/mol. The molecule has 0 spiro atoms. The second-order valence-electron chi connectivity index (χ2n) is 6.62. The molecule has 2 N–H and O–H groups in total. The summed E-state index contributed by atoms with van der Waals surface area (Å²) in [6.45, 7) is 13.0. The van der Waals surface area contributed by atoms with Crippen LogP contribution >= 0.6 is 0 Å². The largest absolute Gasteiger partial charge is 0.290 e. The maximum absolute atomic E-state index is 8.65. The average Bonchev–Trinajstić information content (AvgIpc) is 2.23. The number of nitrogens with zero attached hydrogens (tertiary/aromatic N) is 1. The lowest BCUT2D eigenvalue weighted by Gasteiger charge is -2.25. The van der Waals surface area contributed by atoms with E-state index in [0.717, 1.165) is 5.69 Å².